The van der Waals surface area contributed by atoms with Crippen molar-refractivity contribution >= 4 is 23.3 Å². The van der Waals surface area contributed by atoms with E-state index in [1.165, 1.54) is 0 Å². The largest absolute Gasteiger partial charge is 0.482 e. The fraction of sp³-hybridized carbons (Fsp3) is 0.348. The standard InChI is InChI=1S/C23H25NO5/c1-16(2)19-6-3-4-7-21(19)28-15-23(27)29-14-20(25)17-9-11-18(12-10-17)24-13-5-8-22(24)26/h3-4,6-7,9-12,16H,5,8,13-15H2,1-2H3. The summed E-state index contributed by atoms with van der Waals surface area (Å²) in [5, 5.41) is 0. The second kappa shape index (κ2) is 9.37. The first-order valence-corrected chi connectivity index (χ1v) is 9.76. The molecular formula is C23H25NO5. The molecule has 6 nitrogen and oxygen atoms in total. The van der Waals surface area contributed by atoms with Gasteiger partial charge in [0.15, 0.2) is 19.0 Å². The third kappa shape index (κ3) is 5.22. The van der Waals surface area contributed by atoms with Crippen LogP contribution in [0.5, 0.6) is 5.75 Å². The number of ether oxygens (including phenoxy) is 2. The lowest BCUT2D eigenvalue weighted by molar-refractivity contribution is -0.144. The molecule has 0 N–H and O–H groups in total. The number of nitrogens with zero attached hydrogens (tertiary/aromatic N) is 1. The Balaban J connectivity index is 1.49. The van der Waals surface area contributed by atoms with E-state index in [4.69, 9.17) is 9.47 Å². The van der Waals surface area contributed by atoms with Gasteiger partial charge in [0.05, 0.1) is 0 Å². The van der Waals surface area contributed by atoms with Gasteiger partial charge >= 0.3 is 5.97 Å². The molecule has 0 unspecified atom stereocenters. The highest BCUT2D eigenvalue weighted by atomic mass is 16.6. The van der Waals surface area contributed by atoms with Crippen molar-refractivity contribution in [2.45, 2.75) is 32.6 Å². The average Bonchev–Trinajstić information content (AvgIpc) is 3.16. The van der Waals surface area contributed by atoms with Crippen LogP contribution < -0.4 is 9.64 Å². The predicted molar refractivity (Wildman–Crippen MR) is 109 cm³/mol. The summed E-state index contributed by atoms with van der Waals surface area (Å²) < 4.78 is 10.6. The molecular weight excluding hydrogens is 370 g/mol. The van der Waals surface area contributed by atoms with Crippen molar-refractivity contribution in [3.05, 3.63) is 59.7 Å². The highest BCUT2D eigenvalue weighted by molar-refractivity contribution is 5.99. The van der Waals surface area contributed by atoms with Gasteiger partial charge in [-0.2, -0.15) is 0 Å². The Kier molecular flexibility index (Phi) is 6.65. The van der Waals surface area contributed by atoms with Crippen LogP contribution in [-0.4, -0.2) is 37.4 Å². The maximum atomic E-state index is 12.3. The number of Topliss-reactive ketones (excluding diaryl/α,β-unsaturated/α-hetero) is 1. The molecule has 0 aliphatic carbocycles. The van der Waals surface area contributed by atoms with Crippen LogP contribution >= 0.6 is 0 Å². The number of rotatable bonds is 8. The zero-order valence-electron chi connectivity index (χ0n) is 16.7. The number of hydrogen-bond donors (Lipinski definition) is 0. The molecule has 6 heteroatoms. The van der Waals surface area contributed by atoms with Crippen molar-refractivity contribution in [1.82, 2.24) is 0 Å². The minimum atomic E-state index is -0.601. The molecule has 3 rings (SSSR count). The number of para-hydroxylation sites is 1. The molecule has 1 aliphatic rings. The second-order valence-electron chi connectivity index (χ2n) is 7.26. The van der Waals surface area contributed by atoms with Crippen LogP contribution in [0.25, 0.3) is 0 Å². The van der Waals surface area contributed by atoms with E-state index in [9.17, 15) is 14.4 Å². The van der Waals surface area contributed by atoms with Gasteiger partial charge in [0.25, 0.3) is 0 Å². The van der Waals surface area contributed by atoms with Crippen molar-refractivity contribution in [1.29, 1.82) is 0 Å². The highest BCUT2D eigenvalue weighted by Crippen LogP contribution is 2.26. The molecule has 152 valence electrons. The van der Waals surface area contributed by atoms with Gasteiger partial charge in [-0.3, -0.25) is 9.59 Å². The number of anilines is 1. The Hall–Kier alpha value is -3.15. The molecule has 1 amide bonds. The Morgan fingerprint density at radius 2 is 1.76 bits per heavy atom. The van der Waals surface area contributed by atoms with E-state index in [1.807, 2.05) is 32.0 Å². The minimum absolute atomic E-state index is 0.0945. The number of carbonyl (C=O) groups is 3. The van der Waals surface area contributed by atoms with Gasteiger partial charge in [-0.25, -0.2) is 4.79 Å². The molecule has 2 aromatic carbocycles. The Morgan fingerprint density at radius 1 is 1.03 bits per heavy atom. The summed E-state index contributed by atoms with van der Waals surface area (Å²) in [4.78, 5) is 37.7. The second-order valence-corrected chi connectivity index (χ2v) is 7.26. The van der Waals surface area contributed by atoms with Gasteiger partial charge in [0.1, 0.15) is 5.75 Å². The monoisotopic (exact) mass is 395 g/mol. The topological polar surface area (TPSA) is 72.9 Å². The van der Waals surface area contributed by atoms with Crippen LogP contribution in [0, 0.1) is 0 Å². The fourth-order valence-electron chi connectivity index (χ4n) is 3.25. The molecule has 0 saturated carbocycles. The van der Waals surface area contributed by atoms with E-state index in [2.05, 4.69) is 0 Å². The van der Waals surface area contributed by atoms with Crippen molar-refractivity contribution < 1.29 is 23.9 Å². The number of ketones is 1. The number of carbonyl (C=O) groups excluding carboxylic acids is 3. The SMILES string of the molecule is CC(C)c1ccccc1OCC(=O)OCC(=O)c1ccc(N2CCCC2=O)cc1. The van der Waals surface area contributed by atoms with Gasteiger partial charge in [-0.1, -0.05) is 32.0 Å². The molecule has 0 spiro atoms. The summed E-state index contributed by atoms with van der Waals surface area (Å²) in [6.45, 7) is 4.18. The van der Waals surface area contributed by atoms with Crippen LogP contribution in [0.15, 0.2) is 48.5 Å². The van der Waals surface area contributed by atoms with Crippen LogP contribution in [0.4, 0.5) is 5.69 Å². The zero-order valence-corrected chi connectivity index (χ0v) is 16.7. The van der Waals surface area contributed by atoms with Crippen LogP contribution in [0.1, 0.15) is 48.5 Å². The lowest BCUT2D eigenvalue weighted by atomic mass is 10.0. The van der Waals surface area contributed by atoms with E-state index in [1.54, 1.807) is 35.2 Å². The smallest absolute Gasteiger partial charge is 0.344 e. The van der Waals surface area contributed by atoms with Gasteiger partial charge in [-0.05, 0) is 48.2 Å². The zero-order chi connectivity index (χ0) is 20.8. The van der Waals surface area contributed by atoms with Crippen LogP contribution in [0.2, 0.25) is 0 Å². The molecule has 0 bridgehead atoms. The molecule has 0 radical (unpaired) electrons. The Bertz CT molecular complexity index is 888. The van der Waals surface area contributed by atoms with E-state index in [-0.39, 0.29) is 30.8 Å². The van der Waals surface area contributed by atoms with E-state index in [0.29, 0.717) is 24.3 Å². The first kappa shape index (κ1) is 20.6. The third-order valence-electron chi connectivity index (χ3n) is 4.83. The van der Waals surface area contributed by atoms with Crippen molar-refractivity contribution in [3.8, 4) is 5.75 Å². The molecule has 1 heterocycles. The van der Waals surface area contributed by atoms with E-state index >= 15 is 0 Å². The summed E-state index contributed by atoms with van der Waals surface area (Å²) in [5.41, 5.74) is 2.21. The molecule has 1 aliphatic heterocycles. The van der Waals surface area contributed by atoms with Gasteiger partial charge < -0.3 is 14.4 Å². The summed E-state index contributed by atoms with van der Waals surface area (Å²) in [7, 11) is 0. The van der Waals surface area contributed by atoms with Gasteiger partial charge in [-0.15, -0.1) is 0 Å². The summed E-state index contributed by atoms with van der Waals surface area (Å²) in [5.74, 6) is 0.0916. The average molecular weight is 395 g/mol. The number of esters is 1. The summed E-state index contributed by atoms with van der Waals surface area (Å²) in [6, 6.07) is 14.3. The molecule has 1 fully saturated rings. The minimum Gasteiger partial charge on any atom is -0.482 e. The van der Waals surface area contributed by atoms with Crippen LogP contribution in [0.3, 0.4) is 0 Å². The quantitative estimate of drug-likeness (QED) is 0.503. The van der Waals surface area contributed by atoms with Crippen molar-refractivity contribution in [2.75, 3.05) is 24.7 Å². The third-order valence-corrected chi connectivity index (χ3v) is 4.83. The molecule has 0 aromatic heterocycles. The number of hydrogen-bond acceptors (Lipinski definition) is 5. The van der Waals surface area contributed by atoms with E-state index < -0.39 is 5.97 Å². The molecule has 0 atom stereocenters. The number of amides is 1. The molecule has 29 heavy (non-hydrogen) atoms. The van der Waals surface area contributed by atoms with E-state index in [0.717, 1.165) is 17.7 Å². The van der Waals surface area contributed by atoms with Crippen molar-refractivity contribution in [3.63, 3.8) is 0 Å². The maximum absolute atomic E-state index is 12.3. The maximum Gasteiger partial charge on any atom is 0.344 e. The Labute approximate surface area is 170 Å². The normalized spacial score (nSPS) is 13.6. The molecule has 2 aromatic rings. The first-order chi connectivity index (χ1) is 14.0. The lowest BCUT2D eigenvalue weighted by Gasteiger charge is -2.15. The fourth-order valence-corrected chi connectivity index (χ4v) is 3.25. The lowest BCUT2D eigenvalue weighted by Crippen LogP contribution is -2.23. The number of benzene rings is 2. The summed E-state index contributed by atoms with van der Waals surface area (Å²) in [6.07, 6.45) is 1.40. The molecule has 1 saturated heterocycles. The van der Waals surface area contributed by atoms with Gasteiger partial charge in [0.2, 0.25) is 5.91 Å². The predicted octanol–water partition coefficient (Wildman–Crippen LogP) is 3.74. The highest BCUT2D eigenvalue weighted by Gasteiger charge is 2.21. The van der Waals surface area contributed by atoms with Crippen LogP contribution in [-0.2, 0) is 14.3 Å². The first-order valence-electron chi connectivity index (χ1n) is 9.76. The Morgan fingerprint density at radius 3 is 2.41 bits per heavy atom. The summed E-state index contributed by atoms with van der Waals surface area (Å²) >= 11 is 0. The van der Waals surface area contributed by atoms with Crippen molar-refractivity contribution in [2.24, 2.45) is 0 Å². The van der Waals surface area contributed by atoms with Gasteiger partial charge in [0, 0.05) is 24.2 Å².